The lowest BCUT2D eigenvalue weighted by Gasteiger charge is -2.08. The number of hydrogen-bond donors (Lipinski definition) is 1. The van der Waals surface area contributed by atoms with Crippen molar-refractivity contribution < 1.29 is 19.2 Å². The standard InChI is InChI=1S/C21H18N6O5/c1-31-17-5-3-2-4-16(17)20-24-23-18-10-11-19(25-26(18)20)32-13-12-22-21(28)14-6-8-15(9-7-14)27(29)30/h2-11H,12-13H2,1H3,(H,22,28). The number of hydrogen-bond acceptors (Lipinski definition) is 8. The summed E-state index contributed by atoms with van der Waals surface area (Å²) in [5.41, 5.74) is 1.53. The maximum absolute atomic E-state index is 12.2. The number of amides is 1. The average Bonchev–Trinajstić information content (AvgIpc) is 3.24. The van der Waals surface area contributed by atoms with Gasteiger partial charge in [0.25, 0.3) is 11.6 Å². The number of carbonyl (C=O) groups is 1. The van der Waals surface area contributed by atoms with Crippen molar-refractivity contribution in [2.24, 2.45) is 0 Å². The molecule has 0 saturated carbocycles. The van der Waals surface area contributed by atoms with Gasteiger partial charge in [0, 0.05) is 23.8 Å². The van der Waals surface area contributed by atoms with E-state index in [0.29, 0.717) is 28.7 Å². The fraction of sp³-hybridized carbons (Fsp3) is 0.143. The SMILES string of the molecule is COc1ccccc1-c1nnc2ccc(OCCNC(=O)c3ccc([N+](=O)[O-])cc3)nn12. The zero-order valence-electron chi connectivity index (χ0n) is 17.0. The second-order valence-electron chi connectivity index (χ2n) is 6.57. The molecule has 2 aromatic heterocycles. The smallest absolute Gasteiger partial charge is 0.269 e. The number of fused-ring (bicyclic) bond motifs is 1. The predicted octanol–water partition coefficient (Wildman–Crippen LogP) is 2.52. The predicted molar refractivity (Wildman–Crippen MR) is 114 cm³/mol. The molecule has 0 aliphatic carbocycles. The lowest BCUT2D eigenvalue weighted by atomic mass is 10.2. The lowest BCUT2D eigenvalue weighted by Crippen LogP contribution is -2.28. The van der Waals surface area contributed by atoms with E-state index in [4.69, 9.17) is 9.47 Å². The number of aromatic nitrogens is 4. The Balaban J connectivity index is 1.39. The Labute approximate surface area is 181 Å². The molecule has 2 aromatic carbocycles. The summed E-state index contributed by atoms with van der Waals surface area (Å²) in [6, 6.07) is 16.2. The molecule has 0 bridgehead atoms. The molecule has 2 heterocycles. The molecule has 11 nitrogen and oxygen atoms in total. The van der Waals surface area contributed by atoms with E-state index in [-0.39, 0.29) is 24.7 Å². The maximum Gasteiger partial charge on any atom is 0.269 e. The van der Waals surface area contributed by atoms with Crippen LogP contribution in [0.1, 0.15) is 10.4 Å². The van der Waals surface area contributed by atoms with Crippen LogP contribution >= 0.6 is 0 Å². The van der Waals surface area contributed by atoms with E-state index < -0.39 is 4.92 Å². The zero-order valence-corrected chi connectivity index (χ0v) is 17.0. The van der Waals surface area contributed by atoms with Gasteiger partial charge in [-0.05, 0) is 30.3 Å². The van der Waals surface area contributed by atoms with E-state index in [2.05, 4.69) is 20.6 Å². The third kappa shape index (κ3) is 4.31. The largest absolute Gasteiger partial charge is 0.496 e. The summed E-state index contributed by atoms with van der Waals surface area (Å²) < 4.78 is 12.6. The number of para-hydroxylation sites is 1. The first kappa shape index (κ1) is 20.7. The van der Waals surface area contributed by atoms with Gasteiger partial charge in [-0.15, -0.1) is 15.3 Å². The fourth-order valence-electron chi connectivity index (χ4n) is 3.00. The Morgan fingerprint density at radius 3 is 2.62 bits per heavy atom. The summed E-state index contributed by atoms with van der Waals surface area (Å²) in [7, 11) is 1.58. The number of carbonyl (C=O) groups excluding carboxylic acids is 1. The molecule has 0 fully saturated rings. The number of nitro benzene ring substituents is 1. The minimum absolute atomic E-state index is 0.0761. The Morgan fingerprint density at radius 2 is 1.88 bits per heavy atom. The molecule has 162 valence electrons. The molecule has 11 heteroatoms. The van der Waals surface area contributed by atoms with E-state index in [0.717, 1.165) is 5.56 Å². The van der Waals surface area contributed by atoms with Gasteiger partial charge < -0.3 is 14.8 Å². The molecule has 0 aliphatic rings. The molecule has 1 N–H and O–H groups in total. The highest BCUT2D eigenvalue weighted by Crippen LogP contribution is 2.28. The molecule has 4 aromatic rings. The molecule has 0 aliphatic heterocycles. The Bertz CT molecular complexity index is 1270. The Morgan fingerprint density at radius 1 is 1.09 bits per heavy atom. The summed E-state index contributed by atoms with van der Waals surface area (Å²) in [6.45, 7) is 0.389. The van der Waals surface area contributed by atoms with Crippen molar-refractivity contribution in [3.05, 3.63) is 76.3 Å². The highest BCUT2D eigenvalue weighted by atomic mass is 16.6. The highest BCUT2D eigenvalue weighted by molar-refractivity contribution is 5.94. The summed E-state index contributed by atoms with van der Waals surface area (Å²) in [5, 5.41) is 26.1. The molecular formula is C21H18N6O5. The van der Waals surface area contributed by atoms with Crippen LogP contribution in [-0.2, 0) is 0 Å². The van der Waals surface area contributed by atoms with Crippen molar-refractivity contribution in [3.63, 3.8) is 0 Å². The first-order chi connectivity index (χ1) is 15.6. The highest BCUT2D eigenvalue weighted by Gasteiger charge is 2.14. The quantitative estimate of drug-likeness (QED) is 0.254. The average molecular weight is 434 g/mol. The van der Waals surface area contributed by atoms with Crippen LogP contribution in [0.25, 0.3) is 17.0 Å². The number of nitrogens with zero attached hydrogens (tertiary/aromatic N) is 5. The number of non-ortho nitro benzene ring substituents is 1. The summed E-state index contributed by atoms with van der Waals surface area (Å²) >= 11 is 0. The van der Waals surface area contributed by atoms with Crippen LogP contribution in [0.5, 0.6) is 11.6 Å². The van der Waals surface area contributed by atoms with Crippen LogP contribution in [0.2, 0.25) is 0 Å². The van der Waals surface area contributed by atoms with Gasteiger partial charge in [-0.1, -0.05) is 12.1 Å². The molecule has 0 radical (unpaired) electrons. The van der Waals surface area contributed by atoms with Gasteiger partial charge in [0.05, 0.1) is 24.1 Å². The first-order valence-electron chi connectivity index (χ1n) is 9.58. The van der Waals surface area contributed by atoms with Gasteiger partial charge >= 0.3 is 0 Å². The van der Waals surface area contributed by atoms with Crippen molar-refractivity contribution in [2.75, 3.05) is 20.3 Å². The van der Waals surface area contributed by atoms with Crippen LogP contribution in [0.3, 0.4) is 0 Å². The summed E-state index contributed by atoms with van der Waals surface area (Å²) in [4.78, 5) is 22.3. The number of nitrogens with one attached hydrogen (secondary N) is 1. The third-order valence-corrected chi connectivity index (χ3v) is 4.56. The van der Waals surface area contributed by atoms with Crippen molar-refractivity contribution in [1.29, 1.82) is 0 Å². The van der Waals surface area contributed by atoms with Gasteiger partial charge in [0.15, 0.2) is 11.5 Å². The van der Waals surface area contributed by atoms with Crippen LogP contribution in [0.4, 0.5) is 5.69 Å². The number of nitro groups is 1. The van der Waals surface area contributed by atoms with Gasteiger partial charge in [0.1, 0.15) is 12.4 Å². The van der Waals surface area contributed by atoms with Gasteiger partial charge in [-0.2, -0.15) is 4.52 Å². The molecule has 0 atom stereocenters. The lowest BCUT2D eigenvalue weighted by molar-refractivity contribution is -0.384. The Kier molecular flexibility index (Phi) is 5.88. The van der Waals surface area contributed by atoms with E-state index in [1.165, 1.54) is 24.3 Å². The second kappa shape index (κ2) is 9.08. The molecule has 1 amide bonds. The second-order valence-corrected chi connectivity index (χ2v) is 6.57. The van der Waals surface area contributed by atoms with Gasteiger partial charge in [-0.25, -0.2) is 0 Å². The van der Waals surface area contributed by atoms with Gasteiger partial charge in [0.2, 0.25) is 5.88 Å². The monoisotopic (exact) mass is 434 g/mol. The van der Waals surface area contributed by atoms with Crippen molar-refractivity contribution >= 4 is 17.2 Å². The minimum Gasteiger partial charge on any atom is -0.496 e. The van der Waals surface area contributed by atoms with Crippen molar-refractivity contribution in [1.82, 2.24) is 25.1 Å². The first-order valence-corrected chi connectivity index (χ1v) is 9.58. The maximum atomic E-state index is 12.2. The van der Waals surface area contributed by atoms with E-state index in [1.807, 2.05) is 24.3 Å². The Hall–Kier alpha value is -4.54. The third-order valence-electron chi connectivity index (χ3n) is 4.56. The zero-order chi connectivity index (χ0) is 22.5. The fourth-order valence-corrected chi connectivity index (χ4v) is 3.00. The minimum atomic E-state index is -0.519. The van der Waals surface area contributed by atoms with Crippen LogP contribution in [-0.4, -0.2) is 50.9 Å². The molecule has 0 spiro atoms. The topological polar surface area (TPSA) is 134 Å². The van der Waals surface area contributed by atoms with E-state index in [9.17, 15) is 14.9 Å². The van der Waals surface area contributed by atoms with Crippen LogP contribution < -0.4 is 14.8 Å². The number of benzene rings is 2. The van der Waals surface area contributed by atoms with Gasteiger partial charge in [-0.3, -0.25) is 14.9 Å². The number of rotatable bonds is 8. The van der Waals surface area contributed by atoms with Crippen molar-refractivity contribution in [3.8, 4) is 23.0 Å². The number of methoxy groups -OCH3 is 1. The molecular weight excluding hydrogens is 416 g/mol. The van der Waals surface area contributed by atoms with Crippen LogP contribution in [0, 0.1) is 10.1 Å². The molecule has 0 unspecified atom stereocenters. The molecule has 32 heavy (non-hydrogen) atoms. The van der Waals surface area contributed by atoms with E-state index >= 15 is 0 Å². The molecule has 0 saturated heterocycles. The normalized spacial score (nSPS) is 10.7. The molecule has 4 rings (SSSR count). The van der Waals surface area contributed by atoms with Crippen molar-refractivity contribution in [2.45, 2.75) is 0 Å². The summed E-state index contributed by atoms with van der Waals surface area (Å²) in [6.07, 6.45) is 0. The van der Waals surface area contributed by atoms with E-state index in [1.54, 1.807) is 23.8 Å². The summed E-state index contributed by atoms with van der Waals surface area (Å²) in [5.74, 6) is 1.13. The van der Waals surface area contributed by atoms with Crippen LogP contribution in [0.15, 0.2) is 60.7 Å². The number of ether oxygens (including phenoxy) is 2.